The summed E-state index contributed by atoms with van der Waals surface area (Å²) in [6.45, 7) is 14.2. The summed E-state index contributed by atoms with van der Waals surface area (Å²) in [5.41, 5.74) is -0.561. The van der Waals surface area contributed by atoms with Crippen LogP contribution >= 0.6 is 0 Å². The van der Waals surface area contributed by atoms with Gasteiger partial charge in [-0.3, -0.25) is 0 Å². The summed E-state index contributed by atoms with van der Waals surface area (Å²) >= 11 is 0. The fourth-order valence-corrected chi connectivity index (χ4v) is 1.34. The van der Waals surface area contributed by atoms with E-state index in [0.29, 0.717) is 12.5 Å². The van der Waals surface area contributed by atoms with Crippen LogP contribution in [0.5, 0.6) is 0 Å². The van der Waals surface area contributed by atoms with E-state index in [-0.39, 0.29) is 5.41 Å². The smallest absolute Gasteiger partial charge is 0.326 e. The lowest BCUT2D eigenvalue weighted by molar-refractivity contribution is -0.141. The number of urea groups is 1. The second-order valence-electron chi connectivity index (χ2n) is 7.11. The minimum Gasteiger partial charge on any atom is -0.480 e. The van der Waals surface area contributed by atoms with Gasteiger partial charge >= 0.3 is 12.0 Å². The average molecular weight is 272 g/mol. The van der Waals surface area contributed by atoms with Gasteiger partial charge in [0.25, 0.3) is 0 Å². The van der Waals surface area contributed by atoms with Crippen molar-refractivity contribution in [3.05, 3.63) is 0 Å². The number of aliphatic carboxylic acids is 1. The molecule has 5 nitrogen and oxygen atoms in total. The zero-order valence-corrected chi connectivity index (χ0v) is 13.1. The second-order valence-corrected chi connectivity index (χ2v) is 7.11. The van der Waals surface area contributed by atoms with Crippen LogP contribution in [-0.2, 0) is 4.79 Å². The SMILES string of the molecule is CC(C)C(C)(C)CNC(=O)N[C@H](C(=O)O)C(C)(C)C. The number of carbonyl (C=O) groups excluding carboxylic acids is 1. The Bertz CT molecular complexity index is 330. The molecule has 19 heavy (non-hydrogen) atoms. The molecule has 0 aliphatic carbocycles. The Hall–Kier alpha value is -1.26. The monoisotopic (exact) mass is 272 g/mol. The number of nitrogens with one attached hydrogen (secondary N) is 2. The highest BCUT2D eigenvalue weighted by molar-refractivity contribution is 5.83. The quantitative estimate of drug-likeness (QED) is 0.719. The van der Waals surface area contributed by atoms with Gasteiger partial charge < -0.3 is 15.7 Å². The molecule has 0 aliphatic heterocycles. The number of hydrogen-bond donors (Lipinski definition) is 3. The minimum atomic E-state index is -1.02. The Morgan fingerprint density at radius 2 is 1.58 bits per heavy atom. The summed E-state index contributed by atoms with van der Waals surface area (Å²) in [5, 5.41) is 14.4. The Morgan fingerprint density at radius 3 is 1.89 bits per heavy atom. The molecule has 0 bridgehead atoms. The molecule has 0 fully saturated rings. The van der Waals surface area contributed by atoms with Crippen LogP contribution < -0.4 is 10.6 Å². The molecule has 0 spiro atoms. The molecule has 0 radical (unpaired) electrons. The Balaban J connectivity index is 4.50. The highest BCUT2D eigenvalue weighted by atomic mass is 16.4. The topological polar surface area (TPSA) is 78.4 Å². The molecule has 3 N–H and O–H groups in total. The summed E-state index contributed by atoms with van der Waals surface area (Å²) in [4.78, 5) is 22.9. The number of carboxylic acid groups (broad SMARTS) is 1. The van der Waals surface area contributed by atoms with Crippen LogP contribution in [0, 0.1) is 16.7 Å². The van der Waals surface area contributed by atoms with Crippen LogP contribution in [0.3, 0.4) is 0 Å². The normalized spacial score (nSPS) is 14.1. The van der Waals surface area contributed by atoms with Gasteiger partial charge in [0.1, 0.15) is 6.04 Å². The Labute approximate surface area is 116 Å². The molecular weight excluding hydrogens is 244 g/mol. The molecule has 0 unspecified atom stereocenters. The van der Waals surface area contributed by atoms with Crippen molar-refractivity contribution in [2.75, 3.05) is 6.54 Å². The van der Waals surface area contributed by atoms with Crippen molar-refractivity contribution in [3.8, 4) is 0 Å². The van der Waals surface area contributed by atoms with Crippen LogP contribution in [0.15, 0.2) is 0 Å². The highest BCUT2D eigenvalue weighted by Crippen LogP contribution is 2.24. The van der Waals surface area contributed by atoms with Crippen LogP contribution in [0.25, 0.3) is 0 Å². The van der Waals surface area contributed by atoms with E-state index < -0.39 is 23.5 Å². The second kappa shape index (κ2) is 6.26. The van der Waals surface area contributed by atoms with Crippen molar-refractivity contribution in [3.63, 3.8) is 0 Å². The maximum absolute atomic E-state index is 11.8. The lowest BCUT2D eigenvalue weighted by atomic mass is 9.81. The maximum Gasteiger partial charge on any atom is 0.326 e. The molecular formula is C14H28N2O3. The first-order chi connectivity index (χ1) is 8.38. The number of carboxylic acids is 1. The fraction of sp³-hybridized carbons (Fsp3) is 0.857. The van der Waals surface area contributed by atoms with E-state index in [4.69, 9.17) is 5.11 Å². The van der Waals surface area contributed by atoms with E-state index in [1.165, 1.54) is 0 Å². The minimum absolute atomic E-state index is 0.0300. The van der Waals surface area contributed by atoms with Crippen molar-refractivity contribution in [1.82, 2.24) is 10.6 Å². The maximum atomic E-state index is 11.8. The first-order valence-electron chi connectivity index (χ1n) is 6.65. The van der Waals surface area contributed by atoms with E-state index in [9.17, 15) is 9.59 Å². The molecule has 5 heteroatoms. The lowest BCUT2D eigenvalue weighted by Crippen LogP contribution is -2.53. The van der Waals surface area contributed by atoms with Gasteiger partial charge in [0, 0.05) is 6.54 Å². The molecule has 0 saturated carbocycles. The van der Waals surface area contributed by atoms with Gasteiger partial charge in [0.05, 0.1) is 0 Å². The van der Waals surface area contributed by atoms with E-state index in [1.807, 2.05) is 0 Å². The highest BCUT2D eigenvalue weighted by Gasteiger charge is 2.33. The van der Waals surface area contributed by atoms with E-state index >= 15 is 0 Å². The number of hydrogen-bond acceptors (Lipinski definition) is 2. The fourth-order valence-electron chi connectivity index (χ4n) is 1.34. The number of carbonyl (C=O) groups is 2. The summed E-state index contributed by atoms with van der Waals surface area (Å²) in [6.07, 6.45) is 0. The molecule has 0 aromatic heterocycles. The predicted molar refractivity (Wildman–Crippen MR) is 76.0 cm³/mol. The van der Waals surface area contributed by atoms with Crippen molar-refractivity contribution < 1.29 is 14.7 Å². The Morgan fingerprint density at radius 1 is 1.11 bits per heavy atom. The van der Waals surface area contributed by atoms with E-state index in [2.05, 4.69) is 38.3 Å². The zero-order chi connectivity index (χ0) is 15.4. The Kier molecular flexibility index (Phi) is 5.84. The summed E-state index contributed by atoms with van der Waals surface area (Å²) < 4.78 is 0. The first kappa shape index (κ1) is 17.7. The van der Waals surface area contributed by atoms with Gasteiger partial charge in [-0.25, -0.2) is 9.59 Å². The molecule has 0 aliphatic rings. The summed E-state index contributed by atoms with van der Waals surface area (Å²) in [7, 11) is 0. The largest absolute Gasteiger partial charge is 0.480 e. The third-order valence-electron chi connectivity index (χ3n) is 3.66. The van der Waals surface area contributed by atoms with Crippen LogP contribution in [0.1, 0.15) is 48.5 Å². The van der Waals surface area contributed by atoms with E-state index in [0.717, 1.165) is 0 Å². The summed E-state index contributed by atoms with van der Waals surface area (Å²) in [5.74, 6) is -0.601. The van der Waals surface area contributed by atoms with Crippen LogP contribution in [0.2, 0.25) is 0 Å². The first-order valence-corrected chi connectivity index (χ1v) is 6.65. The molecule has 0 heterocycles. The van der Waals surface area contributed by atoms with E-state index in [1.54, 1.807) is 20.8 Å². The molecule has 0 aromatic rings. The van der Waals surface area contributed by atoms with Gasteiger partial charge in [-0.2, -0.15) is 0 Å². The molecule has 112 valence electrons. The number of rotatable bonds is 5. The third-order valence-corrected chi connectivity index (χ3v) is 3.66. The predicted octanol–water partition coefficient (Wildman–Crippen LogP) is 2.47. The van der Waals surface area contributed by atoms with Crippen molar-refractivity contribution >= 4 is 12.0 Å². The third kappa shape index (κ3) is 5.94. The zero-order valence-electron chi connectivity index (χ0n) is 13.1. The molecule has 0 aromatic carbocycles. The van der Waals surface area contributed by atoms with Gasteiger partial charge in [-0.15, -0.1) is 0 Å². The average Bonchev–Trinajstić information content (AvgIpc) is 2.20. The number of amides is 2. The van der Waals surface area contributed by atoms with Gasteiger partial charge in [-0.1, -0.05) is 48.5 Å². The van der Waals surface area contributed by atoms with Crippen molar-refractivity contribution in [2.45, 2.75) is 54.5 Å². The molecule has 2 amide bonds. The molecule has 0 saturated heterocycles. The van der Waals surface area contributed by atoms with Crippen molar-refractivity contribution in [1.29, 1.82) is 0 Å². The van der Waals surface area contributed by atoms with Crippen molar-refractivity contribution in [2.24, 2.45) is 16.7 Å². The summed E-state index contributed by atoms with van der Waals surface area (Å²) in [6, 6.07) is -1.34. The molecule has 1 atom stereocenters. The van der Waals surface area contributed by atoms with Crippen LogP contribution in [-0.4, -0.2) is 29.7 Å². The van der Waals surface area contributed by atoms with Gasteiger partial charge in [0.2, 0.25) is 0 Å². The lowest BCUT2D eigenvalue weighted by Gasteiger charge is -2.31. The van der Waals surface area contributed by atoms with Crippen LogP contribution in [0.4, 0.5) is 4.79 Å². The van der Waals surface area contributed by atoms with Gasteiger partial charge in [-0.05, 0) is 16.7 Å². The standard InChI is InChI=1S/C14H28N2O3/c1-9(2)14(6,7)8-15-12(19)16-10(11(17)18)13(3,4)5/h9-10H,8H2,1-7H3,(H,17,18)(H2,15,16,19)/t10-/m1/s1. The van der Waals surface area contributed by atoms with Gasteiger partial charge in [0.15, 0.2) is 0 Å². The molecule has 0 rings (SSSR count).